The highest BCUT2D eigenvalue weighted by Crippen LogP contribution is 2.26. The summed E-state index contributed by atoms with van der Waals surface area (Å²) in [7, 11) is 0. The average molecular weight is 290 g/mol. The van der Waals surface area contributed by atoms with E-state index in [4.69, 9.17) is 27.9 Å². The van der Waals surface area contributed by atoms with Crippen LogP contribution in [0.2, 0.25) is 10.0 Å². The third-order valence-corrected chi connectivity index (χ3v) is 3.72. The number of ether oxygens (including phenoxy) is 1. The Morgan fingerprint density at radius 3 is 2.50 bits per heavy atom. The lowest BCUT2D eigenvalue weighted by atomic mass is 10.0. The predicted molar refractivity (Wildman–Crippen MR) is 78.9 cm³/mol. The van der Waals surface area contributed by atoms with Crippen molar-refractivity contribution in [1.29, 1.82) is 0 Å². The van der Waals surface area contributed by atoms with Crippen LogP contribution in [0.5, 0.6) is 5.75 Å². The Kier molecular flexibility index (Phi) is 5.77. The average Bonchev–Trinajstić information content (AvgIpc) is 2.32. The SMILES string of the molecule is CCC(C)(C)NCC(C)Oc1ccc(Cl)c(Cl)c1. The van der Waals surface area contributed by atoms with E-state index < -0.39 is 0 Å². The molecule has 1 aromatic rings. The third-order valence-electron chi connectivity index (χ3n) is 2.98. The summed E-state index contributed by atoms with van der Waals surface area (Å²) in [5, 5.41) is 4.53. The van der Waals surface area contributed by atoms with Crippen molar-refractivity contribution < 1.29 is 4.74 Å². The van der Waals surface area contributed by atoms with Gasteiger partial charge in [0.15, 0.2) is 0 Å². The summed E-state index contributed by atoms with van der Waals surface area (Å²) < 4.78 is 5.78. The van der Waals surface area contributed by atoms with Crippen LogP contribution in [0.15, 0.2) is 18.2 Å². The van der Waals surface area contributed by atoms with Crippen LogP contribution in [0.1, 0.15) is 34.1 Å². The number of benzene rings is 1. The highest BCUT2D eigenvalue weighted by atomic mass is 35.5. The molecule has 102 valence electrons. The van der Waals surface area contributed by atoms with Crippen LogP contribution < -0.4 is 10.1 Å². The van der Waals surface area contributed by atoms with Gasteiger partial charge >= 0.3 is 0 Å². The Labute approximate surface area is 120 Å². The molecular weight excluding hydrogens is 269 g/mol. The van der Waals surface area contributed by atoms with Gasteiger partial charge in [-0.3, -0.25) is 0 Å². The van der Waals surface area contributed by atoms with Gasteiger partial charge in [0, 0.05) is 18.2 Å². The number of nitrogens with one attached hydrogen (secondary N) is 1. The first-order chi connectivity index (χ1) is 8.34. The minimum absolute atomic E-state index is 0.0769. The van der Waals surface area contributed by atoms with Crippen molar-refractivity contribution in [1.82, 2.24) is 5.32 Å². The molecular formula is C14H21Cl2NO. The molecule has 0 aliphatic heterocycles. The fourth-order valence-electron chi connectivity index (χ4n) is 1.37. The van der Waals surface area contributed by atoms with E-state index >= 15 is 0 Å². The first-order valence-electron chi connectivity index (χ1n) is 6.21. The van der Waals surface area contributed by atoms with Crippen molar-refractivity contribution in [3.63, 3.8) is 0 Å². The van der Waals surface area contributed by atoms with Crippen LogP contribution >= 0.6 is 23.2 Å². The monoisotopic (exact) mass is 289 g/mol. The topological polar surface area (TPSA) is 21.3 Å². The van der Waals surface area contributed by atoms with Crippen LogP contribution in [0.4, 0.5) is 0 Å². The number of halogens is 2. The molecule has 0 aromatic heterocycles. The molecule has 0 aliphatic rings. The minimum atomic E-state index is 0.0769. The molecule has 0 bridgehead atoms. The molecule has 1 rings (SSSR count). The third kappa shape index (κ3) is 5.05. The molecule has 1 unspecified atom stereocenters. The smallest absolute Gasteiger partial charge is 0.121 e. The van der Waals surface area contributed by atoms with Gasteiger partial charge in [0.1, 0.15) is 11.9 Å². The second-order valence-electron chi connectivity index (χ2n) is 5.12. The summed E-state index contributed by atoms with van der Waals surface area (Å²) in [4.78, 5) is 0. The highest BCUT2D eigenvalue weighted by molar-refractivity contribution is 6.42. The van der Waals surface area contributed by atoms with Crippen molar-refractivity contribution in [3.05, 3.63) is 28.2 Å². The molecule has 1 aromatic carbocycles. The van der Waals surface area contributed by atoms with Crippen LogP contribution in [0, 0.1) is 0 Å². The first-order valence-corrected chi connectivity index (χ1v) is 6.96. The molecule has 0 fully saturated rings. The van der Waals surface area contributed by atoms with Gasteiger partial charge in [-0.15, -0.1) is 0 Å². The predicted octanol–water partition coefficient (Wildman–Crippen LogP) is 4.54. The summed E-state index contributed by atoms with van der Waals surface area (Å²) in [5.74, 6) is 0.744. The molecule has 0 radical (unpaired) electrons. The maximum atomic E-state index is 5.94. The molecule has 4 heteroatoms. The van der Waals surface area contributed by atoms with E-state index in [1.54, 1.807) is 12.1 Å². The normalized spacial score (nSPS) is 13.4. The maximum absolute atomic E-state index is 5.94. The molecule has 1 N–H and O–H groups in total. The summed E-state index contributed by atoms with van der Waals surface area (Å²) in [5.41, 5.74) is 0.134. The quantitative estimate of drug-likeness (QED) is 0.830. The Hall–Kier alpha value is -0.440. The Morgan fingerprint density at radius 2 is 1.94 bits per heavy atom. The lowest BCUT2D eigenvalue weighted by Crippen LogP contribution is -2.43. The highest BCUT2D eigenvalue weighted by Gasteiger charge is 2.15. The van der Waals surface area contributed by atoms with Gasteiger partial charge in [0.25, 0.3) is 0 Å². The number of rotatable bonds is 6. The van der Waals surface area contributed by atoms with E-state index in [9.17, 15) is 0 Å². The van der Waals surface area contributed by atoms with Gasteiger partial charge in [0.2, 0.25) is 0 Å². The summed E-state index contributed by atoms with van der Waals surface area (Å²) in [6.07, 6.45) is 1.15. The van der Waals surface area contributed by atoms with E-state index in [1.165, 1.54) is 0 Å². The summed E-state index contributed by atoms with van der Waals surface area (Å²) >= 11 is 11.8. The molecule has 0 spiro atoms. The van der Waals surface area contributed by atoms with Crippen LogP contribution in [-0.4, -0.2) is 18.2 Å². The molecule has 0 aliphatic carbocycles. The molecule has 0 amide bonds. The summed E-state index contributed by atoms with van der Waals surface area (Å²) in [6, 6.07) is 5.32. The summed E-state index contributed by atoms with van der Waals surface area (Å²) in [6.45, 7) is 9.34. The second kappa shape index (κ2) is 6.65. The van der Waals surface area contributed by atoms with Crippen LogP contribution in [0.25, 0.3) is 0 Å². The van der Waals surface area contributed by atoms with Gasteiger partial charge in [-0.1, -0.05) is 30.1 Å². The van der Waals surface area contributed by atoms with Gasteiger partial charge in [0.05, 0.1) is 10.0 Å². The largest absolute Gasteiger partial charge is 0.489 e. The van der Waals surface area contributed by atoms with E-state index in [0.29, 0.717) is 10.0 Å². The number of hydrogen-bond donors (Lipinski definition) is 1. The minimum Gasteiger partial charge on any atom is -0.489 e. The van der Waals surface area contributed by atoms with Gasteiger partial charge in [-0.05, 0) is 39.3 Å². The molecule has 0 saturated carbocycles. The van der Waals surface area contributed by atoms with Gasteiger partial charge < -0.3 is 10.1 Å². The van der Waals surface area contributed by atoms with E-state index in [1.807, 2.05) is 13.0 Å². The van der Waals surface area contributed by atoms with E-state index in [2.05, 4.69) is 26.1 Å². The standard InChI is InChI=1S/C14H21Cl2NO/c1-5-14(3,4)17-9-10(2)18-11-6-7-12(15)13(16)8-11/h6-8,10,17H,5,9H2,1-4H3. The molecule has 2 nitrogen and oxygen atoms in total. The van der Waals surface area contributed by atoms with Crippen molar-refractivity contribution in [2.45, 2.75) is 45.8 Å². The Morgan fingerprint density at radius 1 is 1.28 bits per heavy atom. The fraction of sp³-hybridized carbons (Fsp3) is 0.571. The van der Waals surface area contributed by atoms with E-state index in [0.717, 1.165) is 18.7 Å². The number of hydrogen-bond acceptors (Lipinski definition) is 2. The van der Waals surface area contributed by atoms with Crippen molar-refractivity contribution in [2.24, 2.45) is 0 Å². The van der Waals surface area contributed by atoms with E-state index in [-0.39, 0.29) is 11.6 Å². The van der Waals surface area contributed by atoms with Crippen LogP contribution in [-0.2, 0) is 0 Å². The lowest BCUT2D eigenvalue weighted by molar-refractivity contribution is 0.199. The molecule has 0 saturated heterocycles. The van der Waals surface area contributed by atoms with Crippen molar-refractivity contribution in [3.8, 4) is 5.75 Å². The lowest BCUT2D eigenvalue weighted by Gasteiger charge is -2.27. The maximum Gasteiger partial charge on any atom is 0.121 e. The zero-order valence-corrected chi connectivity index (χ0v) is 12.9. The molecule has 0 heterocycles. The molecule has 1 atom stereocenters. The van der Waals surface area contributed by atoms with Crippen LogP contribution in [0.3, 0.4) is 0 Å². The van der Waals surface area contributed by atoms with Gasteiger partial charge in [-0.2, -0.15) is 0 Å². The Bertz CT molecular complexity index is 393. The molecule has 18 heavy (non-hydrogen) atoms. The fourth-order valence-corrected chi connectivity index (χ4v) is 1.66. The van der Waals surface area contributed by atoms with Crippen molar-refractivity contribution >= 4 is 23.2 Å². The first kappa shape index (κ1) is 15.6. The zero-order valence-electron chi connectivity index (χ0n) is 11.4. The second-order valence-corrected chi connectivity index (χ2v) is 5.94. The van der Waals surface area contributed by atoms with Crippen molar-refractivity contribution in [2.75, 3.05) is 6.54 Å². The zero-order chi connectivity index (χ0) is 13.8. The Balaban J connectivity index is 2.49. The van der Waals surface area contributed by atoms with Gasteiger partial charge in [-0.25, -0.2) is 0 Å².